The van der Waals surface area contributed by atoms with Crippen LogP contribution >= 0.6 is 0 Å². The van der Waals surface area contributed by atoms with Crippen LogP contribution in [-0.4, -0.2) is 56.4 Å². The molecule has 7 heteroatoms. The molecular weight excluding hydrogens is 414 g/mol. The number of amides is 1. The average molecular weight is 442 g/mol. The first-order valence-electron chi connectivity index (χ1n) is 11.3. The molecule has 33 heavy (non-hydrogen) atoms. The number of hydrogen-bond donors (Lipinski definition) is 0. The van der Waals surface area contributed by atoms with E-state index in [-0.39, 0.29) is 12.5 Å². The monoisotopic (exact) mass is 441 g/mol. The number of aromatic nitrogens is 3. The van der Waals surface area contributed by atoms with E-state index in [0.29, 0.717) is 19.7 Å². The molecule has 0 N–H and O–H groups in total. The number of rotatable bonds is 7. The van der Waals surface area contributed by atoms with Crippen LogP contribution in [0.4, 0.5) is 0 Å². The van der Waals surface area contributed by atoms with Crippen molar-refractivity contribution in [1.29, 1.82) is 0 Å². The van der Waals surface area contributed by atoms with Gasteiger partial charge in [0.05, 0.1) is 16.7 Å². The first-order valence-corrected chi connectivity index (χ1v) is 11.3. The molecule has 0 unspecified atom stereocenters. The standard InChI is InChI=1S/C26H27N5O2/c32-26(30-16-14-29(15-17-30)18-21-8-6-7-13-27-21)19-31-24-12-5-4-11-23(24)28-25(31)20-33-22-9-2-1-3-10-22/h1-13H,14-20H2. The Balaban J connectivity index is 1.25. The lowest BCUT2D eigenvalue weighted by atomic mass is 10.2. The normalized spacial score (nSPS) is 14.5. The molecule has 4 aromatic rings. The van der Waals surface area contributed by atoms with Gasteiger partial charge in [-0.3, -0.25) is 14.7 Å². The van der Waals surface area contributed by atoms with Gasteiger partial charge in [0, 0.05) is 38.9 Å². The van der Waals surface area contributed by atoms with E-state index in [1.54, 1.807) is 0 Å². The summed E-state index contributed by atoms with van der Waals surface area (Å²) in [7, 11) is 0. The second-order valence-corrected chi connectivity index (χ2v) is 8.18. The number of piperazine rings is 1. The van der Waals surface area contributed by atoms with E-state index in [4.69, 9.17) is 9.72 Å². The summed E-state index contributed by atoms with van der Waals surface area (Å²) in [6.45, 7) is 4.50. The molecule has 1 fully saturated rings. The molecule has 3 heterocycles. The Bertz CT molecular complexity index is 1200. The minimum absolute atomic E-state index is 0.108. The van der Waals surface area contributed by atoms with Crippen LogP contribution in [0, 0.1) is 0 Å². The third kappa shape index (κ3) is 5.04. The molecule has 0 aliphatic carbocycles. The fourth-order valence-corrected chi connectivity index (χ4v) is 4.19. The van der Waals surface area contributed by atoms with Crippen LogP contribution in [0.1, 0.15) is 11.5 Å². The summed E-state index contributed by atoms with van der Waals surface area (Å²) in [5, 5.41) is 0. The number of carbonyl (C=O) groups is 1. The first kappa shape index (κ1) is 21.2. The van der Waals surface area contributed by atoms with E-state index < -0.39 is 0 Å². The molecule has 2 aromatic heterocycles. The summed E-state index contributed by atoms with van der Waals surface area (Å²) >= 11 is 0. The molecule has 0 bridgehead atoms. The largest absolute Gasteiger partial charge is 0.486 e. The Morgan fingerprint density at radius 3 is 2.42 bits per heavy atom. The number of fused-ring (bicyclic) bond motifs is 1. The van der Waals surface area contributed by atoms with Crippen molar-refractivity contribution >= 4 is 16.9 Å². The van der Waals surface area contributed by atoms with Crippen molar-refractivity contribution in [3.05, 3.63) is 90.5 Å². The van der Waals surface area contributed by atoms with Crippen LogP contribution in [0.2, 0.25) is 0 Å². The van der Waals surface area contributed by atoms with Crippen molar-refractivity contribution in [3.63, 3.8) is 0 Å². The lowest BCUT2D eigenvalue weighted by Crippen LogP contribution is -2.49. The van der Waals surface area contributed by atoms with Gasteiger partial charge in [-0.2, -0.15) is 0 Å². The zero-order chi connectivity index (χ0) is 22.5. The van der Waals surface area contributed by atoms with Crippen LogP contribution in [0.25, 0.3) is 11.0 Å². The molecule has 1 saturated heterocycles. The van der Waals surface area contributed by atoms with Crippen LogP contribution in [-0.2, 0) is 24.5 Å². The molecule has 7 nitrogen and oxygen atoms in total. The smallest absolute Gasteiger partial charge is 0.242 e. The second kappa shape index (κ2) is 9.83. The van der Waals surface area contributed by atoms with Gasteiger partial charge in [-0.25, -0.2) is 4.98 Å². The molecular formula is C26H27N5O2. The van der Waals surface area contributed by atoms with Gasteiger partial charge in [-0.1, -0.05) is 36.4 Å². The van der Waals surface area contributed by atoms with E-state index in [1.807, 2.05) is 88.5 Å². The number of nitrogens with zero attached hydrogens (tertiary/aromatic N) is 5. The fourth-order valence-electron chi connectivity index (χ4n) is 4.19. The number of pyridine rings is 1. The topological polar surface area (TPSA) is 63.5 Å². The van der Waals surface area contributed by atoms with Crippen molar-refractivity contribution in [1.82, 2.24) is 24.3 Å². The maximum absolute atomic E-state index is 13.2. The van der Waals surface area contributed by atoms with Crippen molar-refractivity contribution in [3.8, 4) is 5.75 Å². The van der Waals surface area contributed by atoms with Crippen LogP contribution in [0.15, 0.2) is 79.0 Å². The summed E-state index contributed by atoms with van der Waals surface area (Å²) in [6, 6.07) is 23.6. The highest BCUT2D eigenvalue weighted by molar-refractivity contribution is 5.81. The van der Waals surface area contributed by atoms with E-state index in [9.17, 15) is 4.79 Å². The minimum Gasteiger partial charge on any atom is -0.486 e. The zero-order valence-corrected chi connectivity index (χ0v) is 18.5. The summed E-state index contributed by atoms with van der Waals surface area (Å²) in [5.41, 5.74) is 2.88. The third-order valence-corrected chi connectivity index (χ3v) is 5.97. The van der Waals surface area contributed by atoms with Gasteiger partial charge in [0.1, 0.15) is 24.7 Å². The van der Waals surface area contributed by atoms with Crippen molar-refractivity contribution in [2.45, 2.75) is 19.7 Å². The number of carbonyl (C=O) groups excluding carboxylic acids is 1. The molecule has 2 aromatic carbocycles. The molecule has 5 rings (SSSR count). The van der Waals surface area contributed by atoms with Gasteiger partial charge in [0.2, 0.25) is 5.91 Å². The zero-order valence-electron chi connectivity index (χ0n) is 18.5. The lowest BCUT2D eigenvalue weighted by Gasteiger charge is -2.34. The van der Waals surface area contributed by atoms with Gasteiger partial charge < -0.3 is 14.2 Å². The van der Waals surface area contributed by atoms with E-state index in [0.717, 1.165) is 47.9 Å². The molecule has 0 spiro atoms. The van der Waals surface area contributed by atoms with Gasteiger partial charge >= 0.3 is 0 Å². The van der Waals surface area contributed by atoms with Crippen molar-refractivity contribution in [2.75, 3.05) is 26.2 Å². The number of para-hydroxylation sites is 3. The Hall–Kier alpha value is -3.71. The molecule has 1 aliphatic heterocycles. The van der Waals surface area contributed by atoms with Crippen molar-refractivity contribution < 1.29 is 9.53 Å². The van der Waals surface area contributed by atoms with Gasteiger partial charge in [0.25, 0.3) is 0 Å². The van der Waals surface area contributed by atoms with Crippen LogP contribution in [0.5, 0.6) is 5.75 Å². The quantitative estimate of drug-likeness (QED) is 0.440. The maximum Gasteiger partial charge on any atom is 0.242 e. The van der Waals surface area contributed by atoms with Gasteiger partial charge in [-0.05, 0) is 36.4 Å². The number of hydrogen-bond acceptors (Lipinski definition) is 5. The Kier molecular flexibility index (Phi) is 6.30. The summed E-state index contributed by atoms with van der Waals surface area (Å²) in [4.78, 5) is 26.6. The number of imidazole rings is 1. The Morgan fingerprint density at radius 1 is 0.879 bits per heavy atom. The predicted molar refractivity (Wildman–Crippen MR) is 127 cm³/mol. The second-order valence-electron chi connectivity index (χ2n) is 8.18. The Labute approximate surface area is 193 Å². The highest BCUT2D eigenvalue weighted by Gasteiger charge is 2.23. The number of ether oxygens (including phenoxy) is 1. The molecule has 0 radical (unpaired) electrons. The molecule has 1 aliphatic rings. The van der Waals surface area contributed by atoms with Gasteiger partial charge in [-0.15, -0.1) is 0 Å². The van der Waals surface area contributed by atoms with E-state index >= 15 is 0 Å². The molecule has 1 amide bonds. The van der Waals surface area contributed by atoms with Crippen LogP contribution in [0.3, 0.4) is 0 Å². The van der Waals surface area contributed by atoms with Crippen molar-refractivity contribution in [2.24, 2.45) is 0 Å². The highest BCUT2D eigenvalue weighted by atomic mass is 16.5. The summed E-state index contributed by atoms with van der Waals surface area (Å²) in [6.07, 6.45) is 1.82. The van der Waals surface area contributed by atoms with E-state index in [1.165, 1.54) is 0 Å². The fraction of sp³-hybridized carbons (Fsp3) is 0.269. The predicted octanol–water partition coefficient (Wildman–Crippen LogP) is 3.35. The lowest BCUT2D eigenvalue weighted by molar-refractivity contribution is -0.133. The highest BCUT2D eigenvalue weighted by Crippen LogP contribution is 2.19. The average Bonchev–Trinajstić information content (AvgIpc) is 3.21. The minimum atomic E-state index is 0.108. The first-order chi connectivity index (χ1) is 16.3. The van der Waals surface area contributed by atoms with E-state index in [2.05, 4.69) is 9.88 Å². The third-order valence-electron chi connectivity index (χ3n) is 5.97. The maximum atomic E-state index is 13.2. The summed E-state index contributed by atoms with van der Waals surface area (Å²) < 4.78 is 7.93. The Morgan fingerprint density at radius 2 is 1.64 bits per heavy atom. The van der Waals surface area contributed by atoms with Crippen LogP contribution < -0.4 is 4.74 Å². The summed E-state index contributed by atoms with van der Waals surface area (Å²) in [5.74, 6) is 1.64. The number of benzene rings is 2. The molecule has 168 valence electrons. The van der Waals surface area contributed by atoms with Gasteiger partial charge in [0.15, 0.2) is 0 Å². The molecule has 0 saturated carbocycles. The SMILES string of the molecule is O=C(Cn1c(COc2ccccc2)nc2ccccc21)N1CCN(Cc2ccccn2)CC1. The molecule has 0 atom stereocenters.